The summed E-state index contributed by atoms with van der Waals surface area (Å²) in [4.78, 5) is 20.8. The maximum atomic E-state index is 14.0. The van der Waals surface area contributed by atoms with Gasteiger partial charge in [-0.2, -0.15) is 5.10 Å². The molecule has 11 heteroatoms. The van der Waals surface area contributed by atoms with Gasteiger partial charge in [0.2, 0.25) is 0 Å². The Kier molecular flexibility index (Phi) is 6.19. The molecule has 1 atom stereocenters. The van der Waals surface area contributed by atoms with E-state index in [1.54, 1.807) is 16.8 Å². The largest absolute Gasteiger partial charge is 0.354 e. The lowest BCUT2D eigenvalue weighted by molar-refractivity contribution is 0.0943. The molecule has 0 fully saturated rings. The van der Waals surface area contributed by atoms with Gasteiger partial charge in [-0.25, -0.2) is 18.7 Å². The van der Waals surface area contributed by atoms with Gasteiger partial charge in [0, 0.05) is 42.9 Å². The molecule has 1 amide bonds. The van der Waals surface area contributed by atoms with E-state index in [2.05, 4.69) is 25.5 Å². The molecule has 0 aliphatic carbocycles. The van der Waals surface area contributed by atoms with Gasteiger partial charge >= 0.3 is 0 Å². The van der Waals surface area contributed by atoms with Crippen LogP contribution < -0.4 is 5.32 Å². The number of carbonyl (C=O) groups excluding carboxylic acids is 1. The molecule has 0 aromatic carbocycles. The van der Waals surface area contributed by atoms with E-state index < -0.39 is 17.5 Å². The molecular formula is C22H19ClF2N6O2. The first kappa shape index (κ1) is 22.5. The van der Waals surface area contributed by atoms with E-state index >= 15 is 0 Å². The lowest BCUT2D eigenvalue weighted by Gasteiger charge is -2.18. The van der Waals surface area contributed by atoms with E-state index in [1.165, 1.54) is 6.07 Å². The van der Waals surface area contributed by atoms with Crippen LogP contribution in [0.15, 0.2) is 41.1 Å². The van der Waals surface area contributed by atoms with Crippen LogP contribution in [-0.4, -0.2) is 37.4 Å². The molecule has 4 heterocycles. The smallest absolute Gasteiger partial charge is 0.273 e. The van der Waals surface area contributed by atoms with E-state index in [1.807, 2.05) is 27.0 Å². The molecule has 1 unspecified atom stereocenters. The molecule has 0 radical (unpaired) electrons. The number of hydrogen-bond acceptors (Lipinski definition) is 6. The minimum absolute atomic E-state index is 0.0760. The Balaban J connectivity index is 1.58. The van der Waals surface area contributed by atoms with Crippen molar-refractivity contribution in [1.82, 2.24) is 30.2 Å². The second-order valence-electron chi connectivity index (χ2n) is 7.42. The molecule has 0 bridgehead atoms. The van der Waals surface area contributed by atoms with Crippen LogP contribution >= 0.6 is 11.6 Å². The van der Waals surface area contributed by atoms with E-state index in [0.717, 1.165) is 23.1 Å². The average molecular weight is 473 g/mol. The predicted octanol–water partition coefficient (Wildman–Crippen LogP) is 3.98. The van der Waals surface area contributed by atoms with Gasteiger partial charge in [-0.15, -0.1) is 0 Å². The van der Waals surface area contributed by atoms with Crippen molar-refractivity contribution in [3.05, 3.63) is 81.7 Å². The highest BCUT2D eigenvalue weighted by Gasteiger charge is 2.25. The molecule has 0 aliphatic rings. The van der Waals surface area contributed by atoms with Gasteiger partial charge in [0.05, 0.1) is 17.6 Å². The zero-order valence-electron chi connectivity index (χ0n) is 17.9. The highest BCUT2D eigenvalue weighted by molar-refractivity contribution is 6.29. The SMILES string of the molecule is Cc1nn(C)c(C)c1C(CNC(=O)c1cc(-c2ncc(F)cc2F)on1)c1cccc(Cl)n1. The number of nitrogens with one attached hydrogen (secondary N) is 1. The lowest BCUT2D eigenvalue weighted by atomic mass is 9.93. The first-order valence-electron chi connectivity index (χ1n) is 9.93. The summed E-state index contributed by atoms with van der Waals surface area (Å²) >= 11 is 6.10. The fourth-order valence-corrected chi connectivity index (χ4v) is 3.81. The Bertz CT molecular complexity index is 1340. The molecule has 0 saturated carbocycles. The quantitative estimate of drug-likeness (QED) is 0.426. The first-order chi connectivity index (χ1) is 15.7. The maximum Gasteiger partial charge on any atom is 0.273 e. The molecule has 0 saturated heterocycles. The highest BCUT2D eigenvalue weighted by Crippen LogP contribution is 2.29. The number of rotatable bonds is 6. The van der Waals surface area contributed by atoms with E-state index in [9.17, 15) is 13.6 Å². The second kappa shape index (κ2) is 9.07. The van der Waals surface area contributed by atoms with Crippen LogP contribution in [0.25, 0.3) is 11.5 Å². The second-order valence-corrected chi connectivity index (χ2v) is 7.80. The van der Waals surface area contributed by atoms with Crippen molar-refractivity contribution in [3.8, 4) is 11.5 Å². The number of hydrogen-bond donors (Lipinski definition) is 1. The summed E-state index contributed by atoms with van der Waals surface area (Å²) in [7, 11) is 1.84. The van der Waals surface area contributed by atoms with Crippen LogP contribution in [0.5, 0.6) is 0 Å². The van der Waals surface area contributed by atoms with Gasteiger partial charge in [-0.05, 0) is 26.0 Å². The number of nitrogens with zero attached hydrogens (tertiary/aromatic N) is 5. The molecule has 170 valence electrons. The van der Waals surface area contributed by atoms with Gasteiger partial charge in [0.15, 0.2) is 17.3 Å². The van der Waals surface area contributed by atoms with Crippen LogP contribution in [0.2, 0.25) is 5.15 Å². The Labute approximate surface area is 192 Å². The molecule has 1 N–H and O–H groups in total. The van der Waals surface area contributed by atoms with Crippen molar-refractivity contribution in [2.45, 2.75) is 19.8 Å². The van der Waals surface area contributed by atoms with Crippen molar-refractivity contribution < 1.29 is 18.1 Å². The maximum absolute atomic E-state index is 14.0. The molecule has 33 heavy (non-hydrogen) atoms. The van der Waals surface area contributed by atoms with Gasteiger partial charge in [-0.3, -0.25) is 9.48 Å². The molecule has 0 spiro atoms. The number of carbonyl (C=O) groups is 1. The van der Waals surface area contributed by atoms with Crippen molar-refractivity contribution >= 4 is 17.5 Å². The Morgan fingerprint density at radius 3 is 2.73 bits per heavy atom. The van der Waals surface area contributed by atoms with Crippen molar-refractivity contribution in [1.29, 1.82) is 0 Å². The van der Waals surface area contributed by atoms with Gasteiger partial charge in [0.1, 0.15) is 16.7 Å². The monoisotopic (exact) mass is 472 g/mol. The third kappa shape index (κ3) is 4.61. The zero-order chi connectivity index (χ0) is 23.7. The lowest BCUT2D eigenvalue weighted by Crippen LogP contribution is -2.30. The minimum Gasteiger partial charge on any atom is -0.354 e. The van der Waals surface area contributed by atoms with Crippen LogP contribution in [0.4, 0.5) is 8.78 Å². The summed E-state index contributed by atoms with van der Waals surface area (Å²) in [5.74, 6) is -2.71. The van der Waals surface area contributed by atoms with E-state index in [0.29, 0.717) is 16.9 Å². The standard InChI is InChI=1S/C22H19ClF2N6O2/c1-11-20(12(2)31(3)29-11)14(16-5-4-6-19(23)28-16)10-27-22(32)17-8-18(33-30-17)21-15(25)7-13(24)9-26-21/h4-9,14H,10H2,1-3H3,(H,27,32). The van der Waals surface area contributed by atoms with Crippen LogP contribution in [-0.2, 0) is 7.05 Å². The fraction of sp³-hybridized carbons (Fsp3) is 0.227. The molecule has 0 aliphatic heterocycles. The minimum atomic E-state index is -0.923. The predicted molar refractivity (Wildman–Crippen MR) is 116 cm³/mol. The number of aromatic nitrogens is 5. The molecule has 8 nitrogen and oxygen atoms in total. The molecule has 4 rings (SSSR count). The third-order valence-electron chi connectivity index (χ3n) is 5.26. The first-order valence-corrected chi connectivity index (χ1v) is 10.3. The van der Waals surface area contributed by atoms with Gasteiger partial charge < -0.3 is 9.84 Å². The fourth-order valence-electron chi connectivity index (χ4n) is 3.64. The topological polar surface area (TPSA) is 98.7 Å². The Hall–Kier alpha value is -3.66. The number of pyridine rings is 2. The summed E-state index contributed by atoms with van der Waals surface area (Å²) < 4.78 is 33.9. The number of halogens is 3. The van der Waals surface area contributed by atoms with Gasteiger partial charge in [0.25, 0.3) is 5.91 Å². The zero-order valence-corrected chi connectivity index (χ0v) is 18.7. The summed E-state index contributed by atoms with van der Waals surface area (Å²) in [6, 6.07) is 7.20. The van der Waals surface area contributed by atoms with E-state index in [-0.39, 0.29) is 29.6 Å². The summed E-state index contributed by atoms with van der Waals surface area (Å²) in [6.07, 6.45) is 0.849. The molecular weight excluding hydrogens is 454 g/mol. The summed E-state index contributed by atoms with van der Waals surface area (Å²) in [5, 5.41) is 11.3. The van der Waals surface area contributed by atoms with Gasteiger partial charge in [-0.1, -0.05) is 22.8 Å². The number of amides is 1. The van der Waals surface area contributed by atoms with Crippen molar-refractivity contribution in [3.63, 3.8) is 0 Å². The van der Waals surface area contributed by atoms with Crippen LogP contribution in [0.1, 0.15) is 39.1 Å². The van der Waals surface area contributed by atoms with E-state index in [4.69, 9.17) is 16.1 Å². The average Bonchev–Trinajstić information content (AvgIpc) is 3.34. The molecule has 4 aromatic rings. The summed E-state index contributed by atoms with van der Waals surface area (Å²) in [6.45, 7) is 3.99. The summed E-state index contributed by atoms with van der Waals surface area (Å²) in [5.41, 5.74) is 3.00. The normalized spacial score (nSPS) is 12.1. The van der Waals surface area contributed by atoms with Crippen LogP contribution in [0, 0.1) is 25.5 Å². The van der Waals surface area contributed by atoms with Crippen molar-refractivity contribution in [2.24, 2.45) is 7.05 Å². The Morgan fingerprint density at radius 1 is 1.27 bits per heavy atom. The molecule has 4 aromatic heterocycles. The van der Waals surface area contributed by atoms with Crippen molar-refractivity contribution in [2.75, 3.05) is 6.54 Å². The Morgan fingerprint density at radius 2 is 2.06 bits per heavy atom. The third-order valence-corrected chi connectivity index (χ3v) is 5.47. The van der Waals surface area contributed by atoms with Crippen LogP contribution in [0.3, 0.4) is 0 Å². The number of aryl methyl sites for hydroxylation is 2. The highest BCUT2D eigenvalue weighted by atomic mass is 35.5.